The van der Waals surface area contributed by atoms with Gasteiger partial charge in [-0.25, -0.2) is 0 Å². The molecule has 1 aromatic heterocycles. The van der Waals surface area contributed by atoms with Crippen LogP contribution in [0.4, 0.5) is 0 Å². The predicted octanol–water partition coefficient (Wildman–Crippen LogP) is 4.77. The summed E-state index contributed by atoms with van der Waals surface area (Å²) in [7, 11) is 0. The van der Waals surface area contributed by atoms with Gasteiger partial charge in [-0.1, -0.05) is 63.6 Å². The topological polar surface area (TPSA) is 26.0 Å². The minimum absolute atomic E-state index is 0.869. The van der Waals surface area contributed by atoms with Crippen LogP contribution in [-0.2, 0) is 0 Å². The summed E-state index contributed by atoms with van der Waals surface area (Å²) in [6, 6.07) is 18.2. The number of benzene rings is 2. The van der Waals surface area contributed by atoms with Gasteiger partial charge in [0.15, 0.2) is 0 Å². The Bertz CT molecular complexity index is 644. The molecule has 0 aliphatic carbocycles. The van der Waals surface area contributed by atoms with Gasteiger partial charge in [-0.3, -0.25) is 0 Å². The SMILES string of the molecule is Brc1ccc(-c2nocc2-c2ccccc2)cc1. The number of hydrogen-bond donors (Lipinski definition) is 0. The Morgan fingerprint density at radius 3 is 2.28 bits per heavy atom. The van der Waals surface area contributed by atoms with Gasteiger partial charge in [-0.05, 0) is 17.7 Å². The van der Waals surface area contributed by atoms with Crippen LogP contribution < -0.4 is 0 Å². The van der Waals surface area contributed by atoms with E-state index in [2.05, 4.69) is 33.2 Å². The fraction of sp³-hybridized carbons (Fsp3) is 0. The molecule has 0 aliphatic heterocycles. The number of nitrogens with zero attached hydrogens (tertiary/aromatic N) is 1. The van der Waals surface area contributed by atoms with E-state index in [1.54, 1.807) is 6.26 Å². The molecule has 0 unspecified atom stereocenters. The lowest BCUT2D eigenvalue weighted by molar-refractivity contribution is 0.422. The lowest BCUT2D eigenvalue weighted by Gasteiger charge is -2.01. The van der Waals surface area contributed by atoms with E-state index < -0.39 is 0 Å². The second-order valence-electron chi connectivity index (χ2n) is 3.95. The van der Waals surface area contributed by atoms with E-state index in [0.29, 0.717) is 0 Å². The Labute approximate surface area is 113 Å². The maximum Gasteiger partial charge on any atom is 0.132 e. The third kappa shape index (κ3) is 2.09. The normalized spacial score (nSPS) is 10.5. The summed E-state index contributed by atoms with van der Waals surface area (Å²) < 4.78 is 6.17. The quantitative estimate of drug-likeness (QED) is 0.681. The summed E-state index contributed by atoms with van der Waals surface area (Å²) in [6.45, 7) is 0. The van der Waals surface area contributed by atoms with Crippen molar-refractivity contribution < 1.29 is 4.52 Å². The molecule has 0 saturated carbocycles. The highest BCUT2D eigenvalue weighted by Crippen LogP contribution is 2.31. The van der Waals surface area contributed by atoms with Crippen LogP contribution in [0, 0.1) is 0 Å². The van der Waals surface area contributed by atoms with Crippen molar-refractivity contribution in [3.8, 4) is 22.4 Å². The van der Waals surface area contributed by atoms with E-state index in [1.807, 2.05) is 42.5 Å². The summed E-state index contributed by atoms with van der Waals surface area (Å²) in [6.07, 6.45) is 1.69. The fourth-order valence-electron chi connectivity index (χ4n) is 1.88. The van der Waals surface area contributed by atoms with E-state index >= 15 is 0 Å². The summed E-state index contributed by atoms with van der Waals surface area (Å²) in [5.41, 5.74) is 4.04. The van der Waals surface area contributed by atoms with Gasteiger partial charge >= 0.3 is 0 Å². The predicted molar refractivity (Wildman–Crippen MR) is 75.1 cm³/mol. The molecule has 0 saturated heterocycles. The largest absolute Gasteiger partial charge is 0.363 e. The fourth-order valence-corrected chi connectivity index (χ4v) is 2.14. The van der Waals surface area contributed by atoms with Crippen LogP contribution in [0.2, 0.25) is 0 Å². The third-order valence-electron chi connectivity index (χ3n) is 2.77. The van der Waals surface area contributed by atoms with E-state index in [-0.39, 0.29) is 0 Å². The van der Waals surface area contributed by atoms with Crippen LogP contribution in [0.1, 0.15) is 0 Å². The molecule has 18 heavy (non-hydrogen) atoms. The van der Waals surface area contributed by atoms with E-state index in [0.717, 1.165) is 26.9 Å². The van der Waals surface area contributed by atoms with Crippen molar-refractivity contribution in [3.05, 3.63) is 65.3 Å². The van der Waals surface area contributed by atoms with Crippen molar-refractivity contribution in [1.82, 2.24) is 5.16 Å². The number of aromatic nitrogens is 1. The second kappa shape index (κ2) is 4.78. The van der Waals surface area contributed by atoms with Crippen LogP contribution in [0.15, 0.2) is 69.9 Å². The molecule has 3 heteroatoms. The monoisotopic (exact) mass is 299 g/mol. The Morgan fingerprint density at radius 2 is 1.56 bits per heavy atom. The summed E-state index contributed by atoms with van der Waals surface area (Å²) in [5.74, 6) is 0. The maximum absolute atomic E-state index is 5.12. The van der Waals surface area contributed by atoms with Crippen molar-refractivity contribution in [2.75, 3.05) is 0 Å². The van der Waals surface area contributed by atoms with E-state index in [9.17, 15) is 0 Å². The van der Waals surface area contributed by atoms with Gasteiger partial charge in [-0.15, -0.1) is 0 Å². The van der Waals surface area contributed by atoms with Crippen LogP contribution in [-0.4, -0.2) is 5.16 Å². The zero-order valence-electron chi connectivity index (χ0n) is 9.51. The van der Waals surface area contributed by atoms with Crippen molar-refractivity contribution in [3.63, 3.8) is 0 Å². The molecule has 0 radical (unpaired) electrons. The molecular weight excluding hydrogens is 290 g/mol. The number of hydrogen-bond acceptors (Lipinski definition) is 2. The van der Waals surface area contributed by atoms with Crippen LogP contribution >= 0.6 is 15.9 Å². The van der Waals surface area contributed by atoms with Gasteiger partial charge in [0.1, 0.15) is 12.0 Å². The first-order valence-electron chi connectivity index (χ1n) is 5.60. The standard InChI is InChI=1S/C15H10BrNO/c16-13-8-6-12(7-9-13)15-14(10-18-17-15)11-4-2-1-3-5-11/h1-10H. The van der Waals surface area contributed by atoms with Gasteiger partial charge in [0.05, 0.1) is 0 Å². The molecule has 3 rings (SSSR count). The van der Waals surface area contributed by atoms with Crippen molar-refractivity contribution in [2.24, 2.45) is 0 Å². The average molecular weight is 300 g/mol. The molecule has 0 amide bonds. The Morgan fingerprint density at radius 1 is 0.833 bits per heavy atom. The average Bonchev–Trinajstić information content (AvgIpc) is 2.90. The highest BCUT2D eigenvalue weighted by molar-refractivity contribution is 9.10. The second-order valence-corrected chi connectivity index (χ2v) is 4.87. The molecule has 88 valence electrons. The highest BCUT2D eigenvalue weighted by Gasteiger charge is 2.11. The Hall–Kier alpha value is -1.87. The third-order valence-corrected chi connectivity index (χ3v) is 3.30. The Balaban J connectivity index is 2.10. The summed E-state index contributed by atoms with van der Waals surface area (Å²) in [4.78, 5) is 0. The zero-order chi connectivity index (χ0) is 12.4. The molecule has 0 atom stereocenters. The minimum Gasteiger partial charge on any atom is -0.363 e. The van der Waals surface area contributed by atoms with Gasteiger partial charge in [0, 0.05) is 15.6 Å². The lowest BCUT2D eigenvalue weighted by Crippen LogP contribution is -1.81. The van der Waals surface area contributed by atoms with Crippen molar-refractivity contribution in [1.29, 1.82) is 0 Å². The molecule has 1 heterocycles. The van der Waals surface area contributed by atoms with Gasteiger partial charge in [-0.2, -0.15) is 0 Å². The van der Waals surface area contributed by atoms with Crippen LogP contribution in [0.3, 0.4) is 0 Å². The molecule has 0 spiro atoms. The van der Waals surface area contributed by atoms with Gasteiger partial charge in [0.2, 0.25) is 0 Å². The van der Waals surface area contributed by atoms with Crippen LogP contribution in [0.25, 0.3) is 22.4 Å². The molecule has 0 N–H and O–H groups in total. The summed E-state index contributed by atoms with van der Waals surface area (Å²) in [5, 5.41) is 4.10. The van der Waals surface area contributed by atoms with Gasteiger partial charge in [0.25, 0.3) is 0 Å². The molecule has 0 aliphatic rings. The van der Waals surface area contributed by atoms with Crippen LogP contribution in [0.5, 0.6) is 0 Å². The number of rotatable bonds is 2. The molecule has 2 nitrogen and oxygen atoms in total. The highest BCUT2D eigenvalue weighted by atomic mass is 79.9. The van der Waals surface area contributed by atoms with E-state index in [4.69, 9.17) is 4.52 Å². The molecule has 0 fully saturated rings. The van der Waals surface area contributed by atoms with Gasteiger partial charge < -0.3 is 4.52 Å². The minimum atomic E-state index is 0.869. The molecule has 3 aromatic rings. The zero-order valence-corrected chi connectivity index (χ0v) is 11.1. The van der Waals surface area contributed by atoms with Crippen molar-refractivity contribution >= 4 is 15.9 Å². The molecular formula is C15H10BrNO. The molecule has 2 aromatic carbocycles. The number of halogens is 1. The first-order chi connectivity index (χ1) is 8.84. The smallest absolute Gasteiger partial charge is 0.132 e. The Kier molecular flexibility index (Phi) is 2.99. The van der Waals surface area contributed by atoms with E-state index in [1.165, 1.54) is 0 Å². The first kappa shape index (κ1) is 11.2. The lowest BCUT2D eigenvalue weighted by atomic mass is 10.0. The molecule has 0 bridgehead atoms. The maximum atomic E-state index is 5.12. The first-order valence-corrected chi connectivity index (χ1v) is 6.39. The summed E-state index contributed by atoms with van der Waals surface area (Å²) >= 11 is 3.43. The van der Waals surface area contributed by atoms with Crippen molar-refractivity contribution in [2.45, 2.75) is 0 Å².